The molecule has 1 saturated heterocycles. The second-order valence-electron chi connectivity index (χ2n) is 7.24. The summed E-state index contributed by atoms with van der Waals surface area (Å²) >= 11 is 0. The first-order chi connectivity index (χ1) is 12.4. The van der Waals surface area contributed by atoms with Crippen molar-refractivity contribution in [3.63, 3.8) is 0 Å². The standard InChI is InChI=1S/C20H32N4O2.HI/c1-6-21-20(24-12-15(2)18(14-24)19(25)26-5)22-11-16-8-7-9-17(10-16)13-23(3)4;/h7-10,15,18H,6,11-14H2,1-5H3,(H,21,22);1H. The highest BCUT2D eigenvalue weighted by molar-refractivity contribution is 14.0. The number of likely N-dealkylation sites (tertiary alicyclic amines) is 1. The molecule has 6 nitrogen and oxygen atoms in total. The van der Waals surface area contributed by atoms with Crippen LogP contribution in [0, 0.1) is 11.8 Å². The molecule has 2 unspecified atom stereocenters. The molecule has 1 aliphatic heterocycles. The number of guanidine groups is 1. The van der Waals surface area contributed by atoms with Crippen molar-refractivity contribution in [1.82, 2.24) is 15.1 Å². The second-order valence-corrected chi connectivity index (χ2v) is 7.24. The summed E-state index contributed by atoms with van der Waals surface area (Å²) < 4.78 is 4.94. The van der Waals surface area contributed by atoms with E-state index in [-0.39, 0.29) is 41.8 Å². The Balaban J connectivity index is 0.00000364. The Bertz CT molecular complexity index is 636. The van der Waals surface area contributed by atoms with Gasteiger partial charge in [-0.15, -0.1) is 24.0 Å². The molecule has 7 heteroatoms. The molecular formula is C20H33IN4O2. The van der Waals surface area contributed by atoms with Crippen molar-refractivity contribution in [3.05, 3.63) is 35.4 Å². The normalized spacial score (nSPS) is 19.8. The molecule has 1 aromatic carbocycles. The fourth-order valence-electron chi connectivity index (χ4n) is 3.38. The van der Waals surface area contributed by atoms with E-state index in [1.54, 1.807) is 0 Å². The smallest absolute Gasteiger partial charge is 0.310 e. The van der Waals surface area contributed by atoms with Gasteiger partial charge < -0.3 is 19.9 Å². The van der Waals surface area contributed by atoms with E-state index in [2.05, 4.69) is 67.3 Å². The Labute approximate surface area is 180 Å². The van der Waals surface area contributed by atoms with Gasteiger partial charge in [0.05, 0.1) is 19.6 Å². The first-order valence-corrected chi connectivity index (χ1v) is 9.28. The number of nitrogens with zero attached hydrogens (tertiary/aromatic N) is 3. The molecule has 0 spiro atoms. The predicted molar refractivity (Wildman–Crippen MR) is 120 cm³/mol. The number of ether oxygens (including phenoxy) is 1. The molecular weight excluding hydrogens is 455 g/mol. The van der Waals surface area contributed by atoms with Gasteiger partial charge in [0.1, 0.15) is 0 Å². The molecule has 1 fully saturated rings. The summed E-state index contributed by atoms with van der Waals surface area (Å²) in [5.74, 6) is 0.901. The highest BCUT2D eigenvalue weighted by atomic mass is 127. The van der Waals surface area contributed by atoms with Crippen LogP contribution in [0.5, 0.6) is 0 Å². The van der Waals surface area contributed by atoms with Crippen molar-refractivity contribution < 1.29 is 9.53 Å². The van der Waals surface area contributed by atoms with Crippen molar-refractivity contribution in [2.24, 2.45) is 16.8 Å². The number of nitrogens with one attached hydrogen (secondary N) is 1. The van der Waals surface area contributed by atoms with Crippen molar-refractivity contribution in [2.75, 3.05) is 40.8 Å². The molecule has 1 aliphatic rings. The number of rotatable bonds is 6. The molecule has 0 saturated carbocycles. The Morgan fingerprint density at radius 2 is 2.04 bits per heavy atom. The van der Waals surface area contributed by atoms with E-state index in [4.69, 9.17) is 9.73 Å². The zero-order chi connectivity index (χ0) is 19.1. The van der Waals surface area contributed by atoms with Gasteiger partial charge in [-0.1, -0.05) is 31.2 Å². The molecule has 0 aromatic heterocycles. The van der Waals surface area contributed by atoms with Crippen LogP contribution in [-0.2, 0) is 22.6 Å². The third-order valence-electron chi connectivity index (χ3n) is 4.65. The minimum atomic E-state index is -0.132. The zero-order valence-corrected chi connectivity index (χ0v) is 19.4. The number of benzene rings is 1. The minimum Gasteiger partial charge on any atom is -0.469 e. The molecule has 2 atom stereocenters. The van der Waals surface area contributed by atoms with E-state index in [1.807, 2.05) is 0 Å². The summed E-state index contributed by atoms with van der Waals surface area (Å²) in [5.41, 5.74) is 2.48. The van der Waals surface area contributed by atoms with E-state index in [0.717, 1.165) is 25.6 Å². The lowest BCUT2D eigenvalue weighted by atomic mass is 9.99. The van der Waals surface area contributed by atoms with Crippen LogP contribution in [0.15, 0.2) is 29.3 Å². The number of carbonyl (C=O) groups is 1. The largest absolute Gasteiger partial charge is 0.469 e. The number of carbonyl (C=O) groups excluding carboxylic acids is 1. The van der Waals surface area contributed by atoms with E-state index >= 15 is 0 Å². The van der Waals surface area contributed by atoms with Gasteiger partial charge in [0.15, 0.2) is 5.96 Å². The maximum absolute atomic E-state index is 11.9. The van der Waals surface area contributed by atoms with Gasteiger partial charge in [-0.25, -0.2) is 4.99 Å². The number of hydrogen-bond acceptors (Lipinski definition) is 4. The number of halogens is 1. The highest BCUT2D eigenvalue weighted by Gasteiger charge is 2.36. The van der Waals surface area contributed by atoms with Crippen LogP contribution in [0.25, 0.3) is 0 Å². The first-order valence-electron chi connectivity index (χ1n) is 9.28. The van der Waals surface area contributed by atoms with Crippen LogP contribution < -0.4 is 5.32 Å². The quantitative estimate of drug-likeness (QED) is 0.289. The predicted octanol–water partition coefficient (Wildman–Crippen LogP) is 2.57. The molecule has 0 radical (unpaired) electrons. The number of hydrogen-bond donors (Lipinski definition) is 1. The Morgan fingerprint density at radius 1 is 1.33 bits per heavy atom. The lowest BCUT2D eigenvalue weighted by Gasteiger charge is -2.21. The van der Waals surface area contributed by atoms with E-state index in [0.29, 0.717) is 13.1 Å². The maximum Gasteiger partial charge on any atom is 0.310 e. The number of methoxy groups -OCH3 is 1. The van der Waals surface area contributed by atoms with Crippen molar-refractivity contribution in [3.8, 4) is 0 Å². The summed E-state index contributed by atoms with van der Waals surface area (Å²) in [6.07, 6.45) is 0. The molecule has 152 valence electrons. The van der Waals surface area contributed by atoms with E-state index in [9.17, 15) is 4.79 Å². The third kappa shape index (κ3) is 6.95. The lowest BCUT2D eigenvalue weighted by Crippen LogP contribution is -2.40. The topological polar surface area (TPSA) is 57.2 Å². The summed E-state index contributed by atoms with van der Waals surface area (Å²) in [4.78, 5) is 21.1. The van der Waals surface area contributed by atoms with Gasteiger partial charge in [0.25, 0.3) is 0 Å². The number of esters is 1. The summed E-state index contributed by atoms with van der Waals surface area (Å²) in [7, 11) is 5.60. The van der Waals surface area contributed by atoms with Crippen molar-refractivity contribution in [2.45, 2.75) is 26.9 Å². The van der Waals surface area contributed by atoms with Crippen LogP contribution in [-0.4, -0.2) is 62.6 Å². The van der Waals surface area contributed by atoms with Crippen LogP contribution in [0.2, 0.25) is 0 Å². The zero-order valence-electron chi connectivity index (χ0n) is 17.1. The molecule has 0 aliphatic carbocycles. The van der Waals surface area contributed by atoms with Crippen molar-refractivity contribution in [1.29, 1.82) is 0 Å². The maximum atomic E-state index is 11.9. The van der Waals surface area contributed by atoms with Gasteiger partial charge in [-0.05, 0) is 38.1 Å². The lowest BCUT2D eigenvalue weighted by molar-refractivity contribution is -0.145. The second kappa shape index (κ2) is 11.5. The molecule has 0 bridgehead atoms. The molecule has 0 amide bonds. The third-order valence-corrected chi connectivity index (χ3v) is 4.65. The molecule has 2 rings (SSSR count). The highest BCUT2D eigenvalue weighted by Crippen LogP contribution is 2.24. The average molecular weight is 488 g/mol. The summed E-state index contributed by atoms with van der Waals surface area (Å²) in [5, 5.41) is 3.36. The van der Waals surface area contributed by atoms with Gasteiger partial charge in [0.2, 0.25) is 0 Å². The molecule has 1 aromatic rings. The number of aliphatic imine (C=N–C) groups is 1. The first kappa shape index (κ1) is 23.7. The fourth-order valence-corrected chi connectivity index (χ4v) is 3.38. The SMILES string of the molecule is CCNC(=NCc1cccc(CN(C)C)c1)N1CC(C)C(C(=O)OC)C1.I. The van der Waals surface area contributed by atoms with Crippen LogP contribution in [0.1, 0.15) is 25.0 Å². The van der Waals surface area contributed by atoms with E-state index < -0.39 is 0 Å². The van der Waals surface area contributed by atoms with Gasteiger partial charge in [0, 0.05) is 26.2 Å². The van der Waals surface area contributed by atoms with Gasteiger partial charge in [-0.3, -0.25) is 4.79 Å². The van der Waals surface area contributed by atoms with Crippen LogP contribution in [0.4, 0.5) is 0 Å². The average Bonchev–Trinajstić information content (AvgIpc) is 2.99. The van der Waals surface area contributed by atoms with Gasteiger partial charge in [-0.2, -0.15) is 0 Å². The molecule has 27 heavy (non-hydrogen) atoms. The Kier molecular flexibility index (Phi) is 10.1. The summed E-state index contributed by atoms with van der Waals surface area (Å²) in [6, 6.07) is 8.54. The molecule has 1 N–H and O–H groups in total. The summed E-state index contributed by atoms with van der Waals surface area (Å²) in [6.45, 7) is 7.96. The van der Waals surface area contributed by atoms with Crippen molar-refractivity contribution >= 4 is 35.9 Å². The van der Waals surface area contributed by atoms with E-state index in [1.165, 1.54) is 18.2 Å². The fraction of sp³-hybridized carbons (Fsp3) is 0.600. The molecule has 1 heterocycles. The minimum absolute atomic E-state index is 0. The van der Waals surface area contributed by atoms with Crippen LogP contribution in [0.3, 0.4) is 0 Å². The van der Waals surface area contributed by atoms with Crippen LogP contribution >= 0.6 is 24.0 Å². The Hall–Kier alpha value is -1.35. The monoisotopic (exact) mass is 488 g/mol. The Morgan fingerprint density at radius 3 is 2.67 bits per heavy atom. The van der Waals surface area contributed by atoms with Gasteiger partial charge >= 0.3 is 5.97 Å².